The molecular formula is C17H13F2NO3. The summed E-state index contributed by atoms with van der Waals surface area (Å²) in [4.78, 5) is 0. The number of methoxy groups -OCH3 is 1. The lowest BCUT2D eigenvalue weighted by atomic mass is 10.0. The number of aliphatic hydroxyl groups is 1. The molecule has 6 heteroatoms. The lowest BCUT2D eigenvalue weighted by Gasteiger charge is -2.07. The van der Waals surface area contributed by atoms with Crippen molar-refractivity contribution < 1.29 is 23.1 Å². The van der Waals surface area contributed by atoms with E-state index < -0.39 is 18.2 Å². The van der Waals surface area contributed by atoms with Crippen LogP contribution in [0, 0.1) is 11.6 Å². The lowest BCUT2D eigenvalue weighted by molar-refractivity contribution is 0.281. The fraction of sp³-hybridized carbons (Fsp3) is 0.118. The minimum atomic E-state index is -0.789. The highest BCUT2D eigenvalue weighted by Crippen LogP contribution is 2.38. The molecule has 0 saturated heterocycles. The standard InChI is InChI=1S/C17H13F2NO3/c1-22-14-8-3-2-5-10(14)16-11(9-21)17(23-20-16)15-12(18)6-4-7-13(15)19/h2-8,21H,9H2,1H3. The van der Waals surface area contributed by atoms with Gasteiger partial charge in [0.2, 0.25) is 0 Å². The molecule has 0 aliphatic rings. The molecule has 0 saturated carbocycles. The van der Waals surface area contributed by atoms with Crippen LogP contribution < -0.4 is 4.74 Å². The SMILES string of the molecule is COc1ccccc1-c1noc(-c2c(F)cccc2F)c1CO. The van der Waals surface area contributed by atoms with Gasteiger partial charge in [-0.1, -0.05) is 23.4 Å². The highest BCUT2D eigenvalue weighted by Gasteiger charge is 2.24. The molecule has 1 aromatic heterocycles. The van der Waals surface area contributed by atoms with Crippen LogP contribution in [0.2, 0.25) is 0 Å². The fourth-order valence-corrected chi connectivity index (χ4v) is 2.42. The van der Waals surface area contributed by atoms with Gasteiger partial charge in [-0.05, 0) is 24.3 Å². The number of hydrogen-bond acceptors (Lipinski definition) is 4. The minimum Gasteiger partial charge on any atom is -0.496 e. The zero-order valence-electron chi connectivity index (χ0n) is 12.2. The Labute approximate surface area is 130 Å². The zero-order chi connectivity index (χ0) is 16.4. The molecular weight excluding hydrogens is 304 g/mol. The lowest BCUT2D eigenvalue weighted by Crippen LogP contribution is -1.95. The Kier molecular flexibility index (Phi) is 4.08. The molecule has 0 bridgehead atoms. The van der Waals surface area contributed by atoms with Crippen LogP contribution in [0.1, 0.15) is 5.56 Å². The molecule has 0 amide bonds. The first-order chi connectivity index (χ1) is 11.2. The summed E-state index contributed by atoms with van der Waals surface area (Å²) in [5.41, 5.74) is 0.678. The Morgan fingerprint density at radius 2 is 1.78 bits per heavy atom. The smallest absolute Gasteiger partial charge is 0.178 e. The van der Waals surface area contributed by atoms with Crippen LogP contribution >= 0.6 is 0 Å². The Morgan fingerprint density at radius 3 is 2.43 bits per heavy atom. The summed E-state index contributed by atoms with van der Waals surface area (Å²) in [6, 6.07) is 10.5. The maximum absolute atomic E-state index is 14.0. The van der Waals surface area contributed by atoms with Crippen molar-refractivity contribution in [2.75, 3.05) is 7.11 Å². The average molecular weight is 317 g/mol. The summed E-state index contributed by atoms with van der Waals surface area (Å²) in [6.07, 6.45) is 0. The number of ether oxygens (including phenoxy) is 1. The van der Waals surface area contributed by atoms with Crippen LogP contribution in [0.4, 0.5) is 8.78 Å². The number of hydrogen-bond donors (Lipinski definition) is 1. The van der Waals surface area contributed by atoms with E-state index in [9.17, 15) is 13.9 Å². The van der Waals surface area contributed by atoms with E-state index in [1.807, 2.05) is 0 Å². The van der Waals surface area contributed by atoms with Crippen molar-refractivity contribution in [3.8, 4) is 28.3 Å². The largest absolute Gasteiger partial charge is 0.496 e. The number of aromatic nitrogens is 1. The average Bonchev–Trinajstić information content (AvgIpc) is 2.98. The van der Waals surface area contributed by atoms with E-state index in [0.29, 0.717) is 11.3 Å². The molecule has 1 N–H and O–H groups in total. The number of para-hydroxylation sites is 1. The topological polar surface area (TPSA) is 55.5 Å². The quantitative estimate of drug-likeness (QED) is 0.795. The second-order valence-corrected chi connectivity index (χ2v) is 4.79. The predicted octanol–water partition coefficient (Wildman–Crippen LogP) is 3.79. The zero-order valence-corrected chi connectivity index (χ0v) is 12.2. The van der Waals surface area contributed by atoms with Crippen molar-refractivity contribution >= 4 is 0 Å². The van der Waals surface area contributed by atoms with E-state index in [4.69, 9.17) is 9.26 Å². The fourth-order valence-electron chi connectivity index (χ4n) is 2.42. The van der Waals surface area contributed by atoms with Gasteiger partial charge in [0.05, 0.1) is 24.8 Å². The Balaban J connectivity index is 2.22. The Bertz CT molecular complexity index is 825. The number of aliphatic hydroxyl groups excluding tert-OH is 1. The van der Waals surface area contributed by atoms with E-state index in [2.05, 4.69) is 5.16 Å². The third-order valence-corrected chi connectivity index (χ3v) is 3.50. The molecule has 0 unspecified atom stereocenters. The Hall–Kier alpha value is -2.73. The molecule has 3 rings (SSSR count). The number of nitrogens with zero attached hydrogens (tertiary/aromatic N) is 1. The summed E-state index contributed by atoms with van der Waals surface area (Å²) in [5.74, 6) is -1.20. The Morgan fingerprint density at radius 1 is 1.09 bits per heavy atom. The molecule has 0 aliphatic carbocycles. The van der Waals surface area contributed by atoms with E-state index >= 15 is 0 Å². The van der Waals surface area contributed by atoms with E-state index in [-0.39, 0.29) is 22.6 Å². The van der Waals surface area contributed by atoms with Crippen LogP contribution in [0.3, 0.4) is 0 Å². The molecule has 1 heterocycles. The summed E-state index contributed by atoms with van der Waals surface area (Å²) in [5, 5.41) is 13.5. The molecule has 3 aromatic rings. The number of halogens is 2. The maximum atomic E-state index is 14.0. The number of rotatable bonds is 4. The third-order valence-electron chi connectivity index (χ3n) is 3.50. The monoisotopic (exact) mass is 317 g/mol. The van der Waals surface area contributed by atoms with Crippen LogP contribution in [-0.4, -0.2) is 17.4 Å². The van der Waals surface area contributed by atoms with Gasteiger partial charge in [-0.3, -0.25) is 0 Å². The first kappa shape index (κ1) is 15.2. The molecule has 118 valence electrons. The normalized spacial score (nSPS) is 10.8. The third kappa shape index (κ3) is 2.57. The van der Waals surface area contributed by atoms with Crippen molar-refractivity contribution in [3.63, 3.8) is 0 Å². The van der Waals surface area contributed by atoms with E-state index in [1.165, 1.54) is 13.2 Å². The van der Waals surface area contributed by atoms with Gasteiger partial charge in [0.25, 0.3) is 0 Å². The van der Waals surface area contributed by atoms with Gasteiger partial charge in [-0.2, -0.15) is 0 Å². The maximum Gasteiger partial charge on any atom is 0.178 e. The van der Waals surface area contributed by atoms with Crippen molar-refractivity contribution in [2.45, 2.75) is 6.61 Å². The molecule has 0 radical (unpaired) electrons. The second-order valence-electron chi connectivity index (χ2n) is 4.79. The van der Waals surface area contributed by atoms with Gasteiger partial charge in [-0.15, -0.1) is 0 Å². The van der Waals surface area contributed by atoms with Crippen molar-refractivity contribution in [1.29, 1.82) is 0 Å². The molecule has 2 aromatic carbocycles. The van der Waals surface area contributed by atoms with Crippen molar-refractivity contribution in [3.05, 3.63) is 59.7 Å². The molecule has 0 fully saturated rings. The predicted molar refractivity (Wildman–Crippen MR) is 79.8 cm³/mol. The summed E-state index contributed by atoms with van der Waals surface area (Å²) in [6.45, 7) is -0.486. The van der Waals surface area contributed by atoms with Gasteiger partial charge in [0, 0.05) is 5.56 Å². The van der Waals surface area contributed by atoms with Gasteiger partial charge >= 0.3 is 0 Å². The van der Waals surface area contributed by atoms with Gasteiger partial charge in [-0.25, -0.2) is 8.78 Å². The first-order valence-corrected chi connectivity index (χ1v) is 6.84. The molecule has 0 spiro atoms. The minimum absolute atomic E-state index is 0.135. The summed E-state index contributed by atoms with van der Waals surface area (Å²) in [7, 11) is 1.50. The van der Waals surface area contributed by atoms with E-state index in [0.717, 1.165) is 12.1 Å². The van der Waals surface area contributed by atoms with Crippen LogP contribution in [-0.2, 0) is 6.61 Å². The van der Waals surface area contributed by atoms with Gasteiger partial charge in [0.1, 0.15) is 23.1 Å². The summed E-state index contributed by atoms with van der Waals surface area (Å²) >= 11 is 0. The van der Waals surface area contributed by atoms with Crippen LogP contribution in [0.25, 0.3) is 22.6 Å². The van der Waals surface area contributed by atoms with Gasteiger partial charge in [0.15, 0.2) is 5.76 Å². The highest BCUT2D eigenvalue weighted by atomic mass is 19.1. The van der Waals surface area contributed by atoms with Crippen molar-refractivity contribution in [2.24, 2.45) is 0 Å². The van der Waals surface area contributed by atoms with Gasteiger partial charge < -0.3 is 14.4 Å². The summed E-state index contributed by atoms with van der Waals surface area (Å²) < 4.78 is 38.3. The molecule has 23 heavy (non-hydrogen) atoms. The van der Waals surface area contributed by atoms with Crippen molar-refractivity contribution in [1.82, 2.24) is 5.16 Å². The molecule has 0 atom stereocenters. The molecule has 4 nitrogen and oxygen atoms in total. The van der Waals surface area contributed by atoms with E-state index in [1.54, 1.807) is 24.3 Å². The van der Waals surface area contributed by atoms with Crippen LogP contribution in [0.15, 0.2) is 47.0 Å². The van der Waals surface area contributed by atoms with Crippen LogP contribution in [0.5, 0.6) is 5.75 Å². The first-order valence-electron chi connectivity index (χ1n) is 6.84. The second kappa shape index (κ2) is 6.18. The molecule has 0 aliphatic heterocycles. The highest BCUT2D eigenvalue weighted by molar-refractivity contribution is 5.76. The number of benzene rings is 2.